The van der Waals surface area contributed by atoms with Crippen LogP contribution in [0.15, 0.2) is 6.20 Å². The summed E-state index contributed by atoms with van der Waals surface area (Å²) in [6, 6.07) is 0. The summed E-state index contributed by atoms with van der Waals surface area (Å²) in [7, 11) is 2.97. The number of hydrogen-bond acceptors (Lipinski definition) is 3. The second-order valence-electron chi connectivity index (χ2n) is 4.85. The van der Waals surface area contributed by atoms with Gasteiger partial charge in [-0.25, -0.2) is 0 Å². The van der Waals surface area contributed by atoms with E-state index in [1.54, 1.807) is 7.05 Å². The van der Waals surface area contributed by atoms with Gasteiger partial charge in [-0.05, 0) is 13.0 Å². The van der Waals surface area contributed by atoms with Crippen LogP contribution >= 0.6 is 0 Å². The molecular formula is C12H14F3N5. The third-order valence-electron chi connectivity index (χ3n) is 3.54. The Bertz CT molecular complexity index is 653. The minimum Gasteiger partial charge on any atom is -0.311 e. The van der Waals surface area contributed by atoms with Crippen LogP contribution in [0.3, 0.4) is 0 Å². The summed E-state index contributed by atoms with van der Waals surface area (Å²) in [4.78, 5) is 0. The normalized spacial score (nSPS) is 15.4. The molecular weight excluding hydrogens is 271 g/mol. The standard InChI is InChI=1S/C12H14F3N5/c1-19-10(7-3-4-16-6-9(7)18-19)8-5-17-20(2)11(8)12(13,14)15/h5,16H,3-4,6H2,1-2H3. The Balaban J connectivity index is 2.22. The van der Waals surface area contributed by atoms with E-state index in [1.807, 2.05) is 0 Å². The zero-order valence-electron chi connectivity index (χ0n) is 11.1. The average Bonchev–Trinajstić information content (AvgIpc) is 2.87. The lowest BCUT2D eigenvalue weighted by Crippen LogP contribution is -2.23. The van der Waals surface area contributed by atoms with Crippen molar-refractivity contribution in [2.75, 3.05) is 6.54 Å². The van der Waals surface area contributed by atoms with Crippen molar-refractivity contribution in [2.24, 2.45) is 14.1 Å². The number of alkyl halides is 3. The maximum atomic E-state index is 13.2. The van der Waals surface area contributed by atoms with Crippen molar-refractivity contribution in [3.8, 4) is 11.3 Å². The molecule has 2 aromatic heterocycles. The van der Waals surface area contributed by atoms with Crippen LogP contribution in [0.25, 0.3) is 11.3 Å². The Hall–Kier alpha value is -1.83. The summed E-state index contributed by atoms with van der Waals surface area (Å²) in [5.74, 6) is 0. The van der Waals surface area contributed by atoms with Gasteiger partial charge in [0, 0.05) is 26.2 Å². The minimum atomic E-state index is -4.44. The molecule has 0 spiro atoms. The van der Waals surface area contributed by atoms with Crippen molar-refractivity contribution < 1.29 is 13.2 Å². The summed E-state index contributed by atoms with van der Waals surface area (Å²) in [6.07, 6.45) is -2.50. The molecule has 0 radical (unpaired) electrons. The van der Waals surface area contributed by atoms with Gasteiger partial charge in [-0.1, -0.05) is 0 Å². The molecule has 5 nitrogen and oxygen atoms in total. The SMILES string of the molecule is Cn1nc2c(c1-c1cnn(C)c1C(F)(F)F)CCNC2. The first-order valence-electron chi connectivity index (χ1n) is 6.24. The first-order valence-corrected chi connectivity index (χ1v) is 6.24. The molecule has 0 aromatic carbocycles. The number of aromatic nitrogens is 4. The molecule has 8 heteroatoms. The molecule has 2 aromatic rings. The zero-order valence-corrected chi connectivity index (χ0v) is 11.1. The highest BCUT2D eigenvalue weighted by Crippen LogP contribution is 2.38. The lowest BCUT2D eigenvalue weighted by atomic mass is 10.0. The lowest BCUT2D eigenvalue weighted by molar-refractivity contribution is -0.143. The smallest absolute Gasteiger partial charge is 0.311 e. The summed E-state index contributed by atoms with van der Waals surface area (Å²) in [5, 5.41) is 11.2. The van der Waals surface area contributed by atoms with Crippen LogP contribution in [0.5, 0.6) is 0 Å². The molecule has 20 heavy (non-hydrogen) atoms. The van der Waals surface area contributed by atoms with Crippen LogP contribution in [0.4, 0.5) is 13.2 Å². The molecule has 0 bridgehead atoms. The number of nitrogens with one attached hydrogen (secondary N) is 1. The van der Waals surface area contributed by atoms with Gasteiger partial charge in [-0.15, -0.1) is 0 Å². The highest BCUT2D eigenvalue weighted by molar-refractivity contribution is 5.67. The van der Waals surface area contributed by atoms with Gasteiger partial charge in [0.1, 0.15) is 0 Å². The number of hydrogen-bond donors (Lipinski definition) is 1. The Morgan fingerprint density at radius 2 is 2.00 bits per heavy atom. The van der Waals surface area contributed by atoms with Crippen molar-refractivity contribution in [3.63, 3.8) is 0 Å². The van der Waals surface area contributed by atoms with E-state index in [0.29, 0.717) is 18.7 Å². The predicted octanol–water partition coefficient (Wildman–Crippen LogP) is 1.49. The molecule has 0 fully saturated rings. The van der Waals surface area contributed by atoms with Gasteiger partial charge in [0.15, 0.2) is 5.69 Å². The van der Waals surface area contributed by atoms with Crippen LogP contribution in [-0.4, -0.2) is 26.1 Å². The largest absolute Gasteiger partial charge is 0.433 e. The predicted molar refractivity (Wildman–Crippen MR) is 65.8 cm³/mol. The fraction of sp³-hybridized carbons (Fsp3) is 0.500. The summed E-state index contributed by atoms with van der Waals surface area (Å²) in [6.45, 7) is 1.33. The molecule has 1 aliphatic heterocycles. The molecule has 0 saturated heterocycles. The molecule has 0 atom stereocenters. The van der Waals surface area contributed by atoms with Crippen molar-refractivity contribution >= 4 is 0 Å². The van der Waals surface area contributed by atoms with Gasteiger partial charge in [0.05, 0.1) is 23.1 Å². The van der Waals surface area contributed by atoms with E-state index in [9.17, 15) is 13.2 Å². The number of halogens is 3. The maximum absolute atomic E-state index is 13.2. The Morgan fingerprint density at radius 3 is 2.70 bits per heavy atom. The van der Waals surface area contributed by atoms with Gasteiger partial charge >= 0.3 is 6.18 Å². The molecule has 0 saturated carbocycles. The van der Waals surface area contributed by atoms with Crippen LogP contribution in [0, 0.1) is 0 Å². The van der Waals surface area contributed by atoms with E-state index in [1.165, 1.54) is 17.9 Å². The Kier molecular flexibility index (Phi) is 2.86. The lowest BCUT2D eigenvalue weighted by Gasteiger charge is -2.14. The number of aryl methyl sites for hydroxylation is 2. The van der Waals surface area contributed by atoms with E-state index in [4.69, 9.17) is 0 Å². The molecule has 1 aliphatic rings. The van der Waals surface area contributed by atoms with Gasteiger partial charge in [-0.3, -0.25) is 9.36 Å². The first kappa shape index (κ1) is 13.2. The monoisotopic (exact) mass is 285 g/mol. The first-order chi connectivity index (χ1) is 9.39. The summed E-state index contributed by atoms with van der Waals surface area (Å²) >= 11 is 0. The third kappa shape index (κ3) is 1.91. The quantitative estimate of drug-likeness (QED) is 0.863. The van der Waals surface area contributed by atoms with E-state index in [-0.39, 0.29) is 5.56 Å². The van der Waals surface area contributed by atoms with Crippen molar-refractivity contribution in [1.29, 1.82) is 0 Å². The number of nitrogens with zero attached hydrogens (tertiary/aromatic N) is 4. The van der Waals surface area contributed by atoms with Gasteiger partial charge in [-0.2, -0.15) is 23.4 Å². The fourth-order valence-corrected chi connectivity index (χ4v) is 2.73. The number of fused-ring (bicyclic) bond motifs is 1. The highest BCUT2D eigenvalue weighted by Gasteiger charge is 2.39. The Labute approximate surface area is 113 Å². The minimum absolute atomic E-state index is 0.0955. The second kappa shape index (κ2) is 4.34. The molecule has 0 aliphatic carbocycles. The van der Waals surface area contributed by atoms with E-state index < -0.39 is 11.9 Å². The topological polar surface area (TPSA) is 47.7 Å². The van der Waals surface area contributed by atoms with Crippen LogP contribution in [-0.2, 0) is 33.2 Å². The van der Waals surface area contributed by atoms with E-state index >= 15 is 0 Å². The summed E-state index contributed by atoms with van der Waals surface area (Å²) < 4.78 is 42.0. The number of rotatable bonds is 1. The summed E-state index contributed by atoms with van der Waals surface area (Å²) in [5.41, 5.74) is 1.57. The fourth-order valence-electron chi connectivity index (χ4n) is 2.73. The van der Waals surface area contributed by atoms with Crippen LogP contribution in [0.2, 0.25) is 0 Å². The maximum Gasteiger partial charge on any atom is 0.433 e. The highest BCUT2D eigenvalue weighted by atomic mass is 19.4. The second-order valence-corrected chi connectivity index (χ2v) is 4.85. The molecule has 108 valence electrons. The van der Waals surface area contributed by atoms with Crippen molar-refractivity contribution in [3.05, 3.63) is 23.1 Å². The van der Waals surface area contributed by atoms with Crippen molar-refractivity contribution in [1.82, 2.24) is 24.9 Å². The van der Waals surface area contributed by atoms with Gasteiger partial charge in [0.25, 0.3) is 0 Å². The zero-order chi connectivity index (χ0) is 14.5. The molecule has 1 N–H and O–H groups in total. The van der Waals surface area contributed by atoms with Crippen LogP contribution in [0.1, 0.15) is 17.0 Å². The van der Waals surface area contributed by atoms with Crippen molar-refractivity contribution in [2.45, 2.75) is 19.1 Å². The molecule has 3 rings (SSSR count). The van der Waals surface area contributed by atoms with Gasteiger partial charge < -0.3 is 5.32 Å². The average molecular weight is 285 g/mol. The Morgan fingerprint density at radius 1 is 1.25 bits per heavy atom. The molecule has 0 unspecified atom stereocenters. The molecule has 3 heterocycles. The van der Waals surface area contributed by atoms with Gasteiger partial charge in [0.2, 0.25) is 0 Å². The molecule has 0 amide bonds. The van der Waals surface area contributed by atoms with E-state index in [0.717, 1.165) is 22.5 Å². The van der Waals surface area contributed by atoms with Crippen LogP contribution < -0.4 is 5.32 Å². The third-order valence-corrected chi connectivity index (χ3v) is 3.54. The van der Waals surface area contributed by atoms with E-state index in [2.05, 4.69) is 15.5 Å².